The molecule has 192 valence electrons. The molecule has 0 aromatic heterocycles. The number of carbonyl (C=O) groups excluding carboxylic acids is 1. The second kappa shape index (κ2) is 12.9. The van der Waals surface area contributed by atoms with Crippen LogP contribution in [0, 0.1) is 0 Å². The zero-order valence-corrected chi connectivity index (χ0v) is 20.6. The summed E-state index contributed by atoms with van der Waals surface area (Å²) in [7, 11) is 3.16. The molecule has 8 heteroatoms. The van der Waals surface area contributed by atoms with Crippen LogP contribution in [0.25, 0.3) is 0 Å². The van der Waals surface area contributed by atoms with Crippen LogP contribution in [0.3, 0.4) is 0 Å². The fourth-order valence-corrected chi connectivity index (χ4v) is 4.21. The first-order valence-corrected chi connectivity index (χ1v) is 11.8. The number of aliphatic hydroxyl groups excluding tert-OH is 2. The average molecular weight is 495 g/mol. The lowest BCUT2D eigenvalue weighted by Crippen LogP contribution is -2.25. The number of primary amides is 1. The Balaban J connectivity index is 1.64. The molecule has 3 aromatic rings. The molecular formula is C28H34N2O6. The van der Waals surface area contributed by atoms with E-state index in [2.05, 4.69) is 5.32 Å². The number of hydrogen-bond acceptors (Lipinski definition) is 7. The van der Waals surface area contributed by atoms with Crippen molar-refractivity contribution in [2.75, 3.05) is 27.3 Å². The van der Waals surface area contributed by atoms with Gasteiger partial charge in [0, 0.05) is 17.7 Å². The summed E-state index contributed by atoms with van der Waals surface area (Å²) in [6, 6.07) is 17.9. The van der Waals surface area contributed by atoms with Crippen LogP contribution in [-0.2, 0) is 24.2 Å². The van der Waals surface area contributed by atoms with Crippen LogP contribution < -0.4 is 20.5 Å². The number of hydrogen-bond donors (Lipinski definition) is 5. The maximum atomic E-state index is 12.4. The van der Waals surface area contributed by atoms with Gasteiger partial charge in [-0.3, -0.25) is 4.79 Å². The SMILES string of the molecule is COc1cccc(OC)c1CC(C(N)=O)c1cccc(CCNC[C@H](O)c2ccc(O)c(CO)c2)c1. The number of aliphatic hydroxyl groups is 2. The number of aromatic hydroxyl groups is 1. The van der Waals surface area contributed by atoms with E-state index in [9.17, 15) is 20.1 Å². The predicted molar refractivity (Wildman–Crippen MR) is 137 cm³/mol. The first-order valence-electron chi connectivity index (χ1n) is 11.8. The molecule has 6 N–H and O–H groups in total. The summed E-state index contributed by atoms with van der Waals surface area (Å²) in [5.41, 5.74) is 9.41. The third kappa shape index (κ3) is 6.75. The van der Waals surface area contributed by atoms with Gasteiger partial charge >= 0.3 is 0 Å². The number of methoxy groups -OCH3 is 2. The number of amides is 1. The number of nitrogens with one attached hydrogen (secondary N) is 1. The van der Waals surface area contributed by atoms with E-state index in [1.807, 2.05) is 42.5 Å². The minimum Gasteiger partial charge on any atom is -0.508 e. The maximum Gasteiger partial charge on any atom is 0.225 e. The molecular weight excluding hydrogens is 460 g/mol. The van der Waals surface area contributed by atoms with E-state index in [-0.39, 0.29) is 12.4 Å². The van der Waals surface area contributed by atoms with Crippen molar-refractivity contribution in [2.24, 2.45) is 5.73 Å². The molecule has 2 atom stereocenters. The largest absolute Gasteiger partial charge is 0.508 e. The highest BCUT2D eigenvalue weighted by atomic mass is 16.5. The van der Waals surface area contributed by atoms with Crippen molar-refractivity contribution < 1.29 is 29.6 Å². The summed E-state index contributed by atoms with van der Waals surface area (Å²) >= 11 is 0. The van der Waals surface area contributed by atoms with Gasteiger partial charge < -0.3 is 35.8 Å². The maximum absolute atomic E-state index is 12.4. The fraction of sp³-hybridized carbons (Fsp3) is 0.321. The number of phenols is 1. The summed E-state index contributed by atoms with van der Waals surface area (Å²) in [6.45, 7) is 0.617. The Hall–Kier alpha value is -3.59. The van der Waals surface area contributed by atoms with E-state index in [0.29, 0.717) is 48.6 Å². The number of ether oxygens (including phenoxy) is 2. The molecule has 0 saturated carbocycles. The lowest BCUT2D eigenvalue weighted by Gasteiger charge is -2.19. The third-order valence-electron chi connectivity index (χ3n) is 6.22. The van der Waals surface area contributed by atoms with E-state index >= 15 is 0 Å². The van der Waals surface area contributed by atoms with Crippen molar-refractivity contribution in [3.05, 3.63) is 88.5 Å². The number of rotatable bonds is 13. The topological polar surface area (TPSA) is 134 Å². The number of carbonyl (C=O) groups is 1. The van der Waals surface area contributed by atoms with Crippen molar-refractivity contribution >= 4 is 5.91 Å². The van der Waals surface area contributed by atoms with Crippen molar-refractivity contribution in [1.82, 2.24) is 5.32 Å². The van der Waals surface area contributed by atoms with E-state index in [1.54, 1.807) is 26.4 Å². The molecule has 8 nitrogen and oxygen atoms in total. The zero-order chi connectivity index (χ0) is 26.1. The minimum absolute atomic E-state index is 0.000270. The molecule has 0 heterocycles. The Bertz CT molecular complexity index is 1140. The van der Waals surface area contributed by atoms with Gasteiger partial charge in [0.1, 0.15) is 17.2 Å². The van der Waals surface area contributed by atoms with Gasteiger partial charge in [-0.2, -0.15) is 0 Å². The van der Waals surface area contributed by atoms with Crippen molar-refractivity contribution in [3.63, 3.8) is 0 Å². The Morgan fingerprint density at radius 2 is 1.69 bits per heavy atom. The standard InChI is InChI=1S/C28H34N2O6/c1-35-26-7-4-8-27(36-2)23(26)15-22(28(29)34)19-6-3-5-18(13-19)11-12-30-16-25(33)20-9-10-24(32)21(14-20)17-31/h3-10,13-14,22,25,30-33H,11-12,15-17H2,1-2H3,(H2,29,34)/t22?,25-/m0/s1. The molecule has 0 radical (unpaired) electrons. The molecule has 0 aliphatic rings. The first kappa shape index (κ1) is 27.0. The van der Waals surface area contributed by atoms with E-state index in [1.165, 1.54) is 6.07 Å². The van der Waals surface area contributed by atoms with Gasteiger partial charge in [-0.15, -0.1) is 0 Å². The first-order chi connectivity index (χ1) is 17.4. The summed E-state index contributed by atoms with van der Waals surface area (Å²) in [5.74, 6) is 0.288. The van der Waals surface area contributed by atoms with Crippen LogP contribution in [0.2, 0.25) is 0 Å². The molecule has 0 aliphatic heterocycles. The minimum atomic E-state index is -0.780. The van der Waals surface area contributed by atoms with Crippen LogP contribution >= 0.6 is 0 Å². The highest BCUT2D eigenvalue weighted by Gasteiger charge is 2.23. The Morgan fingerprint density at radius 1 is 1.00 bits per heavy atom. The van der Waals surface area contributed by atoms with Crippen molar-refractivity contribution in [2.45, 2.75) is 31.5 Å². The summed E-state index contributed by atoms with van der Waals surface area (Å²) in [6.07, 6.45) is 0.248. The van der Waals surface area contributed by atoms with Crippen LogP contribution in [-0.4, -0.2) is 48.5 Å². The molecule has 3 rings (SSSR count). The van der Waals surface area contributed by atoms with E-state index < -0.39 is 17.9 Å². The summed E-state index contributed by atoms with van der Waals surface area (Å²) < 4.78 is 11.0. The number of nitrogens with two attached hydrogens (primary N) is 1. The lowest BCUT2D eigenvalue weighted by molar-refractivity contribution is -0.119. The lowest BCUT2D eigenvalue weighted by atomic mass is 9.89. The van der Waals surface area contributed by atoms with Gasteiger partial charge in [0.15, 0.2) is 0 Å². The summed E-state index contributed by atoms with van der Waals surface area (Å²) in [5, 5.41) is 32.6. The molecule has 0 saturated heterocycles. The molecule has 1 unspecified atom stereocenters. The Kier molecular flexibility index (Phi) is 9.69. The molecule has 1 amide bonds. The van der Waals surface area contributed by atoms with Crippen LogP contribution in [0.15, 0.2) is 60.7 Å². The normalized spacial score (nSPS) is 12.7. The highest BCUT2D eigenvalue weighted by molar-refractivity contribution is 5.82. The smallest absolute Gasteiger partial charge is 0.225 e. The van der Waals surface area contributed by atoms with Gasteiger partial charge in [-0.05, 0) is 60.3 Å². The molecule has 0 fully saturated rings. The predicted octanol–water partition coefficient (Wildman–Crippen LogP) is 2.58. The monoisotopic (exact) mass is 494 g/mol. The molecule has 0 aliphatic carbocycles. The molecule has 0 bridgehead atoms. The van der Waals surface area contributed by atoms with Crippen molar-refractivity contribution in [3.8, 4) is 17.2 Å². The number of benzene rings is 3. The average Bonchev–Trinajstić information content (AvgIpc) is 2.89. The van der Waals surface area contributed by atoms with Crippen molar-refractivity contribution in [1.29, 1.82) is 0 Å². The second-order valence-electron chi connectivity index (χ2n) is 8.56. The second-order valence-corrected chi connectivity index (χ2v) is 8.56. The van der Waals surface area contributed by atoms with Gasteiger partial charge in [0.2, 0.25) is 5.91 Å². The van der Waals surface area contributed by atoms with Gasteiger partial charge in [-0.25, -0.2) is 0 Å². The molecule has 0 spiro atoms. The Labute approximate surface area is 211 Å². The highest BCUT2D eigenvalue weighted by Crippen LogP contribution is 2.33. The molecule has 3 aromatic carbocycles. The van der Waals surface area contributed by atoms with Crippen LogP contribution in [0.5, 0.6) is 17.2 Å². The Morgan fingerprint density at radius 3 is 2.33 bits per heavy atom. The van der Waals surface area contributed by atoms with E-state index in [0.717, 1.165) is 16.7 Å². The van der Waals surface area contributed by atoms with Gasteiger partial charge in [0.05, 0.1) is 32.8 Å². The summed E-state index contributed by atoms with van der Waals surface area (Å²) in [4.78, 5) is 12.4. The van der Waals surface area contributed by atoms with Crippen LogP contribution in [0.4, 0.5) is 0 Å². The molecule has 36 heavy (non-hydrogen) atoms. The zero-order valence-electron chi connectivity index (χ0n) is 20.6. The van der Waals surface area contributed by atoms with Crippen LogP contribution in [0.1, 0.15) is 39.8 Å². The van der Waals surface area contributed by atoms with Gasteiger partial charge in [-0.1, -0.05) is 36.4 Å². The quantitative estimate of drug-likeness (QED) is 0.231. The fourth-order valence-electron chi connectivity index (χ4n) is 4.21. The van der Waals surface area contributed by atoms with Gasteiger partial charge in [0.25, 0.3) is 0 Å². The third-order valence-corrected chi connectivity index (χ3v) is 6.22. The van der Waals surface area contributed by atoms with E-state index in [4.69, 9.17) is 15.2 Å².